The molecule has 0 aromatic carbocycles. The molecule has 4 nitrogen and oxygen atoms in total. The summed E-state index contributed by atoms with van der Waals surface area (Å²) in [4.78, 5) is 4.70. The third kappa shape index (κ3) is 4.87. The molecule has 0 aliphatic heterocycles. The SMILES string of the molecule is CCNC(=NCC1(CO)CC1)NC1CCC(C(C)C)CC1. The molecule has 2 saturated carbocycles. The van der Waals surface area contributed by atoms with Crippen molar-refractivity contribution in [2.45, 2.75) is 65.3 Å². The summed E-state index contributed by atoms with van der Waals surface area (Å²) in [5.41, 5.74) is 0.0949. The van der Waals surface area contributed by atoms with E-state index in [0.29, 0.717) is 6.04 Å². The van der Waals surface area contributed by atoms with Crippen molar-refractivity contribution in [2.24, 2.45) is 22.2 Å². The first kappa shape index (κ1) is 16.6. The van der Waals surface area contributed by atoms with Crippen LogP contribution in [0.2, 0.25) is 0 Å². The van der Waals surface area contributed by atoms with E-state index in [2.05, 4.69) is 31.4 Å². The number of hydrogen-bond donors (Lipinski definition) is 3. The van der Waals surface area contributed by atoms with Crippen LogP contribution in [0.4, 0.5) is 0 Å². The summed E-state index contributed by atoms with van der Waals surface area (Å²) in [6.45, 7) is 8.70. The van der Waals surface area contributed by atoms with Gasteiger partial charge in [0.05, 0.1) is 13.2 Å². The van der Waals surface area contributed by atoms with Crippen molar-refractivity contribution in [3.8, 4) is 0 Å². The standard InChI is InChI=1S/C17H33N3O/c1-4-18-16(19-11-17(12-21)9-10-17)20-15-7-5-14(6-8-15)13(2)3/h13-15,21H,4-12H2,1-3H3,(H2,18,19,20). The first-order valence-corrected chi connectivity index (χ1v) is 8.74. The number of nitrogens with one attached hydrogen (secondary N) is 2. The molecular weight excluding hydrogens is 262 g/mol. The maximum absolute atomic E-state index is 9.39. The summed E-state index contributed by atoms with van der Waals surface area (Å²) in [7, 11) is 0. The van der Waals surface area contributed by atoms with Crippen LogP contribution < -0.4 is 10.6 Å². The van der Waals surface area contributed by atoms with Gasteiger partial charge in [-0.1, -0.05) is 13.8 Å². The second kappa shape index (κ2) is 7.48. The summed E-state index contributed by atoms with van der Waals surface area (Å²) >= 11 is 0. The molecule has 2 aliphatic rings. The largest absolute Gasteiger partial charge is 0.396 e. The van der Waals surface area contributed by atoms with E-state index in [1.165, 1.54) is 25.7 Å². The Kier molecular flexibility index (Phi) is 5.91. The Labute approximate surface area is 129 Å². The smallest absolute Gasteiger partial charge is 0.191 e. The van der Waals surface area contributed by atoms with Gasteiger partial charge in [0.2, 0.25) is 0 Å². The summed E-state index contributed by atoms with van der Waals surface area (Å²) in [6, 6.07) is 0.557. The highest BCUT2D eigenvalue weighted by molar-refractivity contribution is 5.80. The Morgan fingerprint density at radius 2 is 1.90 bits per heavy atom. The van der Waals surface area contributed by atoms with Gasteiger partial charge in [-0.25, -0.2) is 0 Å². The minimum Gasteiger partial charge on any atom is -0.396 e. The first-order valence-electron chi connectivity index (χ1n) is 8.74. The Morgan fingerprint density at radius 3 is 2.38 bits per heavy atom. The van der Waals surface area contributed by atoms with Crippen molar-refractivity contribution < 1.29 is 5.11 Å². The van der Waals surface area contributed by atoms with Gasteiger partial charge in [0.25, 0.3) is 0 Å². The Hall–Kier alpha value is -0.770. The van der Waals surface area contributed by atoms with Gasteiger partial charge in [-0.3, -0.25) is 4.99 Å². The predicted octanol–water partition coefficient (Wildman–Crippen LogP) is 2.53. The van der Waals surface area contributed by atoms with Gasteiger partial charge >= 0.3 is 0 Å². The fourth-order valence-electron chi connectivity index (χ4n) is 3.23. The van der Waals surface area contributed by atoms with Crippen LogP contribution in [0.3, 0.4) is 0 Å². The molecule has 122 valence electrons. The molecule has 0 atom stereocenters. The van der Waals surface area contributed by atoms with Crippen LogP contribution in [0.15, 0.2) is 4.99 Å². The van der Waals surface area contributed by atoms with Gasteiger partial charge in [0, 0.05) is 18.0 Å². The zero-order valence-corrected chi connectivity index (χ0v) is 14.0. The Morgan fingerprint density at radius 1 is 1.24 bits per heavy atom. The Balaban J connectivity index is 1.81. The lowest BCUT2D eigenvalue weighted by Crippen LogP contribution is -2.45. The molecule has 0 heterocycles. The quantitative estimate of drug-likeness (QED) is 0.521. The van der Waals surface area contributed by atoms with Crippen LogP contribution in [0.25, 0.3) is 0 Å². The molecule has 0 aromatic heterocycles. The fraction of sp³-hybridized carbons (Fsp3) is 0.941. The fourth-order valence-corrected chi connectivity index (χ4v) is 3.23. The van der Waals surface area contributed by atoms with Crippen molar-refractivity contribution in [1.29, 1.82) is 0 Å². The van der Waals surface area contributed by atoms with Crippen molar-refractivity contribution in [2.75, 3.05) is 19.7 Å². The van der Waals surface area contributed by atoms with Crippen molar-refractivity contribution in [3.05, 3.63) is 0 Å². The van der Waals surface area contributed by atoms with E-state index in [9.17, 15) is 5.11 Å². The minimum absolute atomic E-state index is 0.0949. The second-order valence-corrected chi connectivity index (χ2v) is 7.35. The molecule has 0 aromatic rings. The van der Waals surface area contributed by atoms with Crippen LogP contribution in [-0.4, -0.2) is 36.8 Å². The van der Waals surface area contributed by atoms with E-state index < -0.39 is 0 Å². The molecule has 3 N–H and O–H groups in total. The molecule has 0 unspecified atom stereocenters. The third-order valence-corrected chi connectivity index (χ3v) is 5.26. The average molecular weight is 295 g/mol. The first-order chi connectivity index (χ1) is 10.1. The number of aliphatic hydroxyl groups is 1. The molecule has 2 fully saturated rings. The summed E-state index contributed by atoms with van der Waals surface area (Å²) in [6.07, 6.45) is 7.39. The monoisotopic (exact) mass is 295 g/mol. The number of guanidine groups is 1. The molecule has 0 spiro atoms. The van der Waals surface area contributed by atoms with Gasteiger partial charge in [0.15, 0.2) is 5.96 Å². The minimum atomic E-state index is 0.0949. The van der Waals surface area contributed by atoms with Crippen LogP contribution in [0.1, 0.15) is 59.3 Å². The van der Waals surface area contributed by atoms with Gasteiger partial charge in [-0.2, -0.15) is 0 Å². The zero-order valence-electron chi connectivity index (χ0n) is 14.0. The lowest BCUT2D eigenvalue weighted by Gasteiger charge is -2.32. The van der Waals surface area contributed by atoms with Gasteiger partial charge in [-0.15, -0.1) is 0 Å². The normalized spacial score (nSPS) is 28.5. The molecule has 21 heavy (non-hydrogen) atoms. The van der Waals surface area contributed by atoms with E-state index >= 15 is 0 Å². The number of aliphatic imine (C=N–C) groups is 1. The highest BCUT2D eigenvalue weighted by atomic mass is 16.3. The maximum atomic E-state index is 9.39. The molecular formula is C17H33N3O. The summed E-state index contributed by atoms with van der Waals surface area (Å²) in [5.74, 6) is 2.64. The maximum Gasteiger partial charge on any atom is 0.191 e. The lowest BCUT2D eigenvalue weighted by atomic mass is 9.80. The lowest BCUT2D eigenvalue weighted by molar-refractivity contribution is 0.216. The van der Waals surface area contributed by atoms with E-state index in [1.54, 1.807) is 0 Å². The van der Waals surface area contributed by atoms with E-state index in [4.69, 9.17) is 4.99 Å². The molecule has 0 bridgehead atoms. The highest BCUT2D eigenvalue weighted by Gasteiger charge is 2.41. The van der Waals surface area contributed by atoms with Crippen molar-refractivity contribution in [1.82, 2.24) is 10.6 Å². The van der Waals surface area contributed by atoms with E-state index in [1.807, 2.05) is 0 Å². The number of nitrogens with zero attached hydrogens (tertiary/aromatic N) is 1. The molecule has 4 heteroatoms. The predicted molar refractivity (Wildman–Crippen MR) is 88.5 cm³/mol. The summed E-state index contributed by atoms with van der Waals surface area (Å²) in [5, 5.41) is 16.3. The van der Waals surface area contributed by atoms with Gasteiger partial charge < -0.3 is 15.7 Å². The van der Waals surface area contributed by atoms with Gasteiger partial charge in [-0.05, 0) is 57.3 Å². The summed E-state index contributed by atoms with van der Waals surface area (Å²) < 4.78 is 0. The van der Waals surface area contributed by atoms with Gasteiger partial charge in [0.1, 0.15) is 0 Å². The Bertz CT molecular complexity index is 342. The van der Waals surface area contributed by atoms with Crippen LogP contribution >= 0.6 is 0 Å². The van der Waals surface area contributed by atoms with Crippen molar-refractivity contribution in [3.63, 3.8) is 0 Å². The van der Waals surface area contributed by atoms with Crippen LogP contribution in [-0.2, 0) is 0 Å². The van der Waals surface area contributed by atoms with Crippen LogP contribution in [0, 0.1) is 17.3 Å². The van der Waals surface area contributed by atoms with E-state index in [0.717, 1.165) is 43.7 Å². The van der Waals surface area contributed by atoms with E-state index in [-0.39, 0.29) is 12.0 Å². The molecule has 0 saturated heterocycles. The third-order valence-electron chi connectivity index (χ3n) is 5.26. The topological polar surface area (TPSA) is 56.7 Å². The molecule has 2 aliphatic carbocycles. The molecule has 0 amide bonds. The molecule has 0 radical (unpaired) electrons. The molecule has 2 rings (SSSR count). The highest BCUT2D eigenvalue weighted by Crippen LogP contribution is 2.45. The second-order valence-electron chi connectivity index (χ2n) is 7.35. The van der Waals surface area contributed by atoms with Crippen molar-refractivity contribution >= 4 is 5.96 Å². The zero-order chi connectivity index (χ0) is 15.3. The number of rotatable bonds is 6. The average Bonchev–Trinajstić information content (AvgIpc) is 3.26. The van der Waals surface area contributed by atoms with Crippen LogP contribution in [0.5, 0.6) is 0 Å². The number of aliphatic hydroxyl groups excluding tert-OH is 1. The number of hydrogen-bond acceptors (Lipinski definition) is 2.